The molecule has 0 bridgehead atoms. The molecule has 0 aromatic rings. The first-order valence-corrected chi connectivity index (χ1v) is 5.10. The lowest BCUT2D eigenvalue weighted by molar-refractivity contribution is -0.165. The molecule has 102 valence electrons. The van der Waals surface area contributed by atoms with Gasteiger partial charge in [-0.05, 0) is 25.9 Å². The number of carbonyl (C=O) groups is 2. The van der Waals surface area contributed by atoms with Gasteiger partial charge >= 0.3 is 11.9 Å². The third-order valence-electron chi connectivity index (χ3n) is 1.71. The summed E-state index contributed by atoms with van der Waals surface area (Å²) >= 11 is 0. The molecule has 0 saturated carbocycles. The van der Waals surface area contributed by atoms with Crippen LogP contribution in [0.5, 0.6) is 0 Å². The van der Waals surface area contributed by atoms with E-state index in [1.165, 1.54) is 6.42 Å². The Kier molecular flexibility index (Phi) is 12.0. The standard InChI is InChI=1S/C5H14N2.C4H6O6/c6-4-2-1-3-5-7;5-1(3(7)8)2(6)4(9)10/h1-7H2;1-2,5-6H,(H,7,8)(H,9,10). The summed E-state index contributed by atoms with van der Waals surface area (Å²) in [5.74, 6) is -3.54. The predicted molar refractivity (Wildman–Crippen MR) is 59.2 cm³/mol. The van der Waals surface area contributed by atoms with Gasteiger partial charge in [0.05, 0.1) is 0 Å². The number of carboxylic acids is 2. The average molecular weight is 252 g/mol. The van der Waals surface area contributed by atoms with Crippen LogP contribution in [0.4, 0.5) is 0 Å². The summed E-state index contributed by atoms with van der Waals surface area (Å²) in [6, 6.07) is 0. The molecule has 0 spiro atoms. The van der Waals surface area contributed by atoms with Crippen molar-refractivity contribution in [1.82, 2.24) is 0 Å². The number of aliphatic hydroxyl groups excluding tert-OH is 2. The third kappa shape index (κ3) is 11.1. The lowest BCUT2D eigenvalue weighted by atomic mass is 10.2. The molecule has 0 fully saturated rings. The first-order chi connectivity index (χ1) is 7.88. The summed E-state index contributed by atoms with van der Waals surface area (Å²) < 4.78 is 0. The molecule has 0 heterocycles. The number of aliphatic carboxylic acids is 2. The second kappa shape index (κ2) is 11.3. The monoisotopic (exact) mass is 252 g/mol. The van der Waals surface area contributed by atoms with Crippen molar-refractivity contribution in [2.45, 2.75) is 31.5 Å². The fourth-order valence-electron chi connectivity index (χ4n) is 0.736. The topological polar surface area (TPSA) is 167 Å². The molecule has 0 radical (unpaired) electrons. The van der Waals surface area contributed by atoms with Crippen LogP contribution in [0.15, 0.2) is 0 Å². The Morgan fingerprint density at radius 2 is 1.12 bits per heavy atom. The quantitative estimate of drug-likeness (QED) is 0.281. The van der Waals surface area contributed by atoms with Gasteiger partial charge < -0.3 is 31.9 Å². The number of unbranched alkanes of at least 4 members (excludes halogenated alkanes) is 2. The summed E-state index contributed by atoms with van der Waals surface area (Å²) in [6.07, 6.45) is -1.10. The minimum atomic E-state index is -2.27. The molecule has 8 N–H and O–H groups in total. The lowest BCUT2D eigenvalue weighted by Crippen LogP contribution is -2.39. The van der Waals surface area contributed by atoms with E-state index in [1.807, 2.05) is 0 Å². The smallest absolute Gasteiger partial charge is 0.335 e. The number of nitrogens with two attached hydrogens (primary N) is 2. The Morgan fingerprint density at radius 1 is 0.824 bits per heavy atom. The Labute approximate surface area is 98.8 Å². The van der Waals surface area contributed by atoms with Crippen molar-refractivity contribution in [3.05, 3.63) is 0 Å². The van der Waals surface area contributed by atoms with Gasteiger partial charge in [0.25, 0.3) is 0 Å². The molecule has 0 aromatic carbocycles. The van der Waals surface area contributed by atoms with Crippen LogP contribution >= 0.6 is 0 Å². The molecule has 0 amide bonds. The van der Waals surface area contributed by atoms with Crippen LogP contribution in [-0.2, 0) is 9.59 Å². The Morgan fingerprint density at radius 3 is 1.29 bits per heavy atom. The zero-order valence-electron chi connectivity index (χ0n) is 9.45. The van der Waals surface area contributed by atoms with Crippen LogP contribution in [0.3, 0.4) is 0 Å². The highest BCUT2D eigenvalue weighted by atomic mass is 16.4. The molecule has 8 heteroatoms. The van der Waals surface area contributed by atoms with E-state index in [9.17, 15) is 9.59 Å². The van der Waals surface area contributed by atoms with Crippen LogP contribution in [0, 0.1) is 0 Å². The van der Waals surface area contributed by atoms with Crippen molar-refractivity contribution in [2.24, 2.45) is 11.5 Å². The summed E-state index contributed by atoms with van der Waals surface area (Å²) in [5, 5.41) is 32.5. The molecule has 8 nitrogen and oxygen atoms in total. The Bertz CT molecular complexity index is 202. The molecule has 17 heavy (non-hydrogen) atoms. The second-order valence-electron chi connectivity index (χ2n) is 3.20. The maximum atomic E-state index is 9.77. The molecule has 2 unspecified atom stereocenters. The highest BCUT2D eigenvalue weighted by molar-refractivity contribution is 5.83. The Balaban J connectivity index is 0. The van der Waals surface area contributed by atoms with E-state index in [2.05, 4.69) is 0 Å². The van der Waals surface area contributed by atoms with E-state index in [4.69, 9.17) is 31.9 Å². The number of hydrogen-bond acceptors (Lipinski definition) is 6. The highest BCUT2D eigenvalue weighted by Crippen LogP contribution is 1.92. The Hall–Kier alpha value is -1.22. The molecule has 0 rings (SSSR count). The fraction of sp³-hybridized carbons (Fsp3) is 0.778. The molecular formula is C9H20N2O6. The normalized spacial score (nSPS) is 13.2. The van der Waals surface area contributed by atoms with E-state index >= 15 is 0 Å². The molecule has 0 aromatic heterocycles. The van der Waals surface area contributed by atoms with Crippen molar-refractivity contribution in [2.75, 3.05) is 13.1 Å². The first kappa shape index (κ1) is 18.2. The van der Waals surface area contributed by atoms with Crippen LogP contribution in [0.2, 0.25) is 0 Å². The minimum absolute atomic E-state index is 0.806. The van der Waals surface area contributed by atoms with Crippen LogP contribution in [-0.4, -0.2) is 57.7 Å². The number of aliphatic hydroxyl groups is 2. The van der Waals surface area contributed by atoms with Crippen LogP contribution < -0.4 is 11.5 Å². The highest BCUT2D eigenvalue weighted by Gasteiger charge is 2.29. The van der Waals surface area contributed by atoms with Gasteiger partial charge in [0, 0.05) is 0 Å². The summed E-state index contributed by atoms with van der Waals surface area (Å²) in [6.45, 7) is 1.61. The zero-order valence-corrected chi connectivity index (χ0v) is 9.45. The number of carboxylic acid groups (broad SMARTS) is 2. The third-order valence-corrected chi connectivity index (χ3v) is 1.71. The molecule has 0 aliphatic carbocycles. The van der Waals surface area contributed by atoms with Crippen LogP contribution in [0.25, 0.3) is 0 Å². The number of rotatable bonds is 7. The van der Waals surface area contributed by atoms with Crippen LogP contribution in [0.1, 0.15) is 19.3 Å². The largest absolute Gasteiger partial charge is 0.479 e. The summed E-state index contributed by atoms with van der Waals surface area (Å²) in [5.41, 5.74) is 10.5. The van der Waals surface area contributed by atoms with Gasteiger partial charge in [-0.3, -0.25) is 0 Å². The maximum absolute atomic E-state index is 9.77. The van der Waals surface area contributed by atoms with Gasteiger partial charge in [0.1, 0.15) is 0 Å². The predicted octanol–water partition coefficient (Wildman–Crippen LogP) is -2.05. The van der Waals surface area contributed by atoms with Gasteiger partial charge in [0.15, 0.2) is 12.2 Å². The van der Waals surface area contributed by atoms with Gasteiger partial charge in [-0.1, -0.05) is 6.42 Å². The molecular weight excluding hydrogens is 232 g/mol. The summed E-state index contributed by atoms with van der Waals surface area (Å²) in [4.78, 5) is 19.5. The van der Waals surface area contributed by atoms with E-state index in [1.54, 1.807) is 0 Å². The van der Waals surface area contributed by atoms with E-state index in [-0.39, 0.29) is 0 Å². The first-order valence-electron chi connectivity index (χ1n) is 5.10. The van der Waals surface area contributed by atoms with Gasteiger partial charge in [-0.2, -0.15) is 0 Å². The fourth-order valence-corrected chi connectivity index (χ4v) is 0.736. The van der Waals surface area contributed by atoms with Gasteiger partial charge in [-0.15, -0.1) is 0 Å². The number of hydrogen-bond donors (Lipinski definition) is 6. The van der Waals surface area contributed by atoms with Crippen molar-refractivity contribution in [1.29, 1.82) is 0 Å². The minimum Gasteiger partial charge on any atom is -0.479 e. The van der Waals surface area contributed by atoms with Crippen molar-refractivity contribution in [3.63, 3.8) is 0 Å². The van der Waals surface area contributed by atoms with Crippen molar-refractivity contribution >= 4 is 11.9 Å². The van der Waals surface area contributed by atoms with E-state index in [0.29, 0.717) is 0 Å². The van der Waals surface area contributed by atoms with Gasteiger partial charge in [0.2, 0.25) is 0 Å². The van der Waals surface area contributed by atoms with Crippen molar-refractivity contribution in [3.8, 4) is 0 Å². The van der Waals surface area contributed by atoms with Crippen molar-refractivity contribution < 1.29 is 30.0 Å². The maximum Gasteiger partial charge on any atom is 0.335 e. The molecule has 0 aliphatic heterocycles. The summed E-state index contributed by atoms with van der Waals surface area (Å²) in [7, 11) is 0. The molecule has 0 saturated heterocycles. The van der Waals surface area contributed by atoms with E-state index in [0.717, 1.165) is 25.9 Å². The average Bonchev–Trinajstić information content (AvgIpc) is 2.28. The SMILES string of the molecule is NCCCCCN.O=C(O)C(O)C(O)C(=O)O. The van der Waals surface area contributed by atoms with E-state index < -0.39 is 24.1 Å². The molecule has 0 aliphatic rings. The second-order valence-corrected chi connectivity index (χ2v) is 3.20. The molecule has 2 atom stereocenters. The zero-order chi connectivity index (χ0) is 13.8. The van der Waals surface area contributed by atoms with Gasteiger partial charge in [-0.25, -0.2) is 9.59 Å². The lowest BCUT2D eigenvalue weighted by Gasteiger charge is -2.07.